The van der Waals surface area contributed by atoms with E-state index >= 15 is 0 Å². The number of ether oxygens (including phenoxy) is 1. The summed E-state index contributed by atoms with van der Waals surface area (Å²) in [5.74, 6) is -0.0448. The van der Waals surface area contributed by atoms with Crippen LogP contribution in [-0.2, 0) is 6.54 Å². The van der Waals surface area contributed by atoms with Gasteiger partial charge in [0.1, 0.15) is 5.75 Å². The molecule has 184 valence electrons. The first kappa shape index (κ1) is 25.6. The first-order chi connectivity index (χ1) is 16.2. The average Bonchev–Trinajstić information content (AvgIpc) is 3.20. The van der Waals surface area contributed by atoms with Crippen LogP contribution in [0.1, 0.15) is 27.9 Å². The lowest BCUT2D eigenvalue weighted by Gasteiger charge is -2.23. The molecule has 0 unspecified atom stereocenters. The minimum Gasteiger partial charge on any atom is -0.496 e. The molecule has 0 radical (unpaired) electrons. The molecule has 34 heavy (non-hydrogen) atoms. The third-order valence-corrected chi connectivity index (χ3v) is 5.82. The number of carboxylic acids is 1. The summed E-state index contributed by atoms with van der Waals surface area (Å²) in [7, 11) is 1.66. The van der Waals surface area contributed by atoms with Crippen LogP contribution < -0.4 is 4.74 Å². The highest BCUT2D eigenvalue weighted by molar-refractivity contribution is 5.88. The summed E-state index contributed by atoms with van der Waals surface area (Å²) < 4.78 is 43.4. The van der Waals surface area contributed by atoms with Crippen molar-refractivity contribution in [3.05, 3.63) is 65.4 Å². The first-order valence-electron chi connectivity index (χ1n) is 11.1. The van der Waals surface area contributed by atoms with Crippen LogP contribution in [-0.4, -0.2) is 71.9 Å². The van der Waals surface area contributed by atoms with E-state index in [9.17, 15) is 18.0 Å². The predicted octanol–water partition coefficient (Wildman–Crippen LogP) is 4.94. The number of halogens is 3. The van der Waals surface area contributed by atoms with Gasteiger partial charge in [-0.25, -0.2) is 4.79 Å². The normalized spacial score (nSPS) is 15.4. The molecule has 2 N–H and O–H groups in total. The number of carboxylic acid groups (broad SMARTS) is 1. The van der Waals surface area contributed by atoms with Crippen molar-refractivity contribution in [1.82, 2.24) is 14.8 Å². The Bertz CT molecular complexity index is 1080. The number of aromatic carboxylic acids is 1. The van der Waals surface area contributed by atoms with Crippen molar-refractivity contribution in [2.24, 2.45) is 0 Å². The predicted molar refractivity (Wildman–Crippen MR) is 125 cm³/mol. The van der Waals surface area contributed by atoms with Gasteiger partial charge in [-0.3, -0.25) is 9.80 Å². The van der Waals surface area contributed by atoms with Crippen LogP contribution in [0.5, 0.6) is 5.75 Å². The Balaban J connectivity index is 0.000000302. The molecule has 1 aliphatic heterocycles. The van der Waals surface area contributed by atoms with Gasteiger partial charge >= 0.3 is 12.1 Å². The van der Waals surface area contributed by atoms with Crippen molar-refractivity contribution in [2.75, 3.05) is 39.8 Å². The number of hydrogen-bond acceptors (Lipinski definition) is 4. The van der Waals surface area contributed by atoms with E-state index < -0.39 is 18.7 Å². The topological polar surface area (TPSA) is 68.8 Å². The lowest BCUT2D eigenvalue weighted by molar-refractivity contribution is -0.145. The largest absolute Gasteiger partial charge is 0.496 e. The number of rotatable bonds is 5. The number of aromatic amines is 1. The molecule has 0 saturated carbocycles. The highest BCUT2D eigenvalue weighted by Gasteiger charge is 2.31. The summed E-state index contributed by atoms with van der Waals surface area (Å²) in [6.45, 7) is 4.22. The van der Waals surface area contributed by atoms with E-state index in [0.717, 1.165) is 40.7 Å². The number of carbonyl (C=O) groups is 1. The Kier molecular flexibility index (Phi) is 8.57. The number of alkyl halides is 3. The summed E-state index contributed by atoms with van der Waals surface area (Å²) in [5.41, 5.74) is 3.63. The molecule has 0 amide bonds. The van der Waals surface area contributed by atoms with Crippen LogP contribution in [0, 0.1) is 6.92 Å². The molecule has 4 rings (SSSR count). The molecule has 0 aliphatic carbocycles. The second-order valence-corrected chi connectivity index (χ2v) is 8.33. The molecule has 2 aromatic carbocycles. The number of aromatic nitrogens is 1. The Morgan fingerprint density at radius 1 is 1.09 bits per heavy atom. The fourth-order valence-corrected chi connectivity index (χ4v) is 4.18. The molecule has 6 nitrogen and oxygen atoms in total. The standard InChI is InChI=1S/C18H24F3N3O.C7H6O2/c1-13-10-16(25-2)15(14-4-5-22-17(13)14)11-23-6-3-7-24(9-8-23)12-18(19,20)21;8-7(9)6-4-2-1-3-5-6/h4-5,10,22H,3,6-9,11-12H2,1-2H3;1-5H,(H,8,9). The van der Waals surface area contributed by atoms with Crippen LogP contribution in [0.25, 0.3) is 10.9 Å². The lowest BCUT2D eigenvalue weighted by atomic mass is 10.0. The summed E-state index contributed by atoms with van der Waals surface area (Å²) >= 11 is 0. The maximum atomic E-state index is 12.6. The number of nitrogens with zero attached hydrogens (tertiary/aromatic N) is 2. The van der Waals surface area contributed by atoms with Gasteiger partial charge in [0.2, 0.25) is 0 Å². The van der Waals surface area contributed by atoms with E-state index in [4.69, 9.17) is 9.84 Å². The highest BCUT2D eigenvalue weighted by Crippen LogP contribution is 2.31. The van der Waals surface area contributed by atoms with Gasteiger partial charge in [-0.05, 0) is 56.3 Å². The number of hydrogen-bond donors (Lipinski definition) is 2. The van der Waals surface area contributed by atoms with Crippen LogP contribution in [0.15, 0.2) is 48.7 Å². The number of fused-ring (bicyclic) bond motifs is 1. The number of methoxy groups -OCH3 is 1. The maximum absolute atomic E-state index is 12.6. The molecular weight excluding hydrogens is 447 g/mol. The summed E-state index contributed by atoms with van der Waals surface area (Å²) in [4.78, 5) is 17.2. The minimum absolute atomic E-state index is 0.331. The van der Waals surface area contributed by atoms with Crippen LogP contribution in [0.2, 0.25) is 0 Å². The van der Waals surface area contributed by atoms with Gasteiger partial charge in [0.15, 0.2) is 0 Å². The quantitative estimate of drug-likeness (QED) is 0.545. The SMILES string of the molecule is COc1cc(C)c2[nH]ccc2c1CN1CCCN(CC(F)(F)F)CC1.O=C(O)c1ccccc1. The van der Waals surface area contributed by atoms with Crippen molar-refractivity contribution in [3.63, 3.8) is 0 Å². The Hall–Kier alpha value is -3.04. The van der Waals surface area contributed by atoms with Gasteiger partial charge in [0.05, 0.1) is 19.2 Å². The van der Waals surface area contributed by atoms with Crippen molar-refractivity contribution >= 4 is 16.9 Å². The second kappa shape index (κ2) is 11.4. The zero-order valence-corrected chi connectivity index (χ0v) is 19.4. The second-order valence-electron chi connectivity index (χ2n) is 8.33. The molecule has 0 bridgehead atoms. The molecular formula is C25H30F3N3O3. The van der Waals surface area contributed by atoms with E-state index in [-0.39, 0.29) is 0 Å². The molecule has 0 atom stereocenters. The first-order valence-corrected chi connectivity index (χ1v) is 11.1. The summed E-state index contributed by atoms with van der Waals surface area (Å²) in [6, 6.07) is 12.3. The zero-order valence-electron chi connectivity index (χ0n) is 19.4. The van der Waals surface area contributed by atoms with Gasteiger partial charge in [-0.2, -0.15) is 13.2 Å². The fraction of sp³-hybridized carbons (Fsp3) is 0.400. The third-order valence-electron chi connectivity index (χ3n) is 5.82. The van der Waals surface area contributed by atoms with Gasteiger partial charge in [-0.15, -0.1) is 0 Å². The molecule has 2 heterocycles. The summed E-state index contributed by atoms with van der Waals surface area (Å²) in [5, 5.41) is 9.50. The van der Waals surface area contributed by atoms with Crippen molar-refractivity contribution in [2.45, 2.75) is 26.1 Å². The smallest absolute Gasteiger partial charge is 0.401 e. The van der Waals surface area contributed by atoms with Crippen LogP contribution in [0.3, 0.4) is 0 Å². The number of H-pyrrole nitrogens is 1. The van der Waals surface area contributed by atoms with Gasteiger partial charge in [-0.1, -0.05) is 18.2 Å². The monoisotopic (exact) mass is 477 g/mol. The minimum atomic E-state index is -4.13. The third kappa shape index (κ3) is 6.98. The van der Waals surface area contributed by atoms with Crippen molar-refractivity contribution < 1.29 is 27.8 Å². The number of aryl methyl sites for hydroxylation is 1. The van der Waals surface area contributed by atoms with Crippen molar-refractivity contribution in [3.8, 4) is 5.75 Å². The molecule has 1 aliphatic rings. The van der Waals surface area contributed by atoms with Gasteiger partial charge < -0.3 is 14.8 Å². The number of benzene rings is 2. The Labute approximate surface area is 196 Å². The van der Waals surface area contributed by atoms with Gasteiger partial charge in [0, 0.05) is 42.3 Å². The Morgan fingerprint density at radius 3 is 2.38 bits per heavy atom. The molecule has 3 aromatic rings. The zero-order chi connectivity index (χ0) is 24.7. The maximum Gasteiger partial charge on any atom is 0.401 e. The molecule has 0 spiro atoms. The highest BCUT2D eigenvalue weighted by atomic mass is 19.4. The van der Waals surface area contributed by atoms with Crippen molar-refractivity contribution in [1.29, 1.82) is 0 Å². The number of nitrogens with one attached hydrogen (secondary N) is 1. The van der Waals surface area contributed by atoms with Crippen LogP contribution >= 0.6 is 0 Å². The van der Waals surface area contributed by atoms with E-state index in [1.165, 1.54) is 4.90 Å². The molecule has 1 saturated heterocycles. The molecule has 1 aromatic heterocycles. The lowest BCUT2D eigenvalue weighted by Crippen LogP contribution is -2.37. The fourth-order valence-electron chi connectivity index (χ4n) is 4.18. The molecule has 1 fully saturated rings. The Morgan fingerprint density at radius 2 is 1.76 bits per heavy atom. The molecule has 9 heteroatoms. The van der Waals surface area contributed by atoms with E-state index in [0.29, 0.717) is 31.7 Å². The summed E-state index contributed by atoms with van der Waals surface area (Å²) in [6.07, 6.45) is -1.48. The van der Waals surface area contributed by atoms with E-state index in [1.54, 1.807) is 37.4 Å². The average molecular weight is 478 g/mol. The van der Waals surface area contributed by atoms with E-state index in [2.05, 4.69) is 9.88 Å². The van der Waals surface area contributed by atoms with Crippen LogP contribution in [0.4, 0.5) is 13.2 Å². The van der Waals surface area contributed by atoms with Gasteiger partial charge in [0.25, 0.3) is 0 Å². The van der Waals surface area contributed by atoms with E-state index in [1.807, 2.05) is 25.3 Å².